The van der Waals surface area contributed by atoms with Crippen molar-refractivity contribution in [3.05, 3.63) is 29.0 Å². The molecule has 0 spiro atoms. The third-order valence-electron chi connectivity index (χ3n) is 2.28. The van der Waals surface area contributed by atoms with Gasteiger partial charge in [-0.25, -0.2) is 4.98 Å². The van der Waals surface area contributed by atoms with Crippen molar-refractivity contribution in [2.75, 3.05) is 6.54 Å². The Balaban J connectivity index is 2.90. The topological polar surface area (TPSA) is 33.2 Å². The maximum Gasteiger partial charge on any atom is 0.272 e. The molecule has 1 heterocycles. The first-order valence-electron chi connectivity index (χ1n) is 5.49. The van der Waals surface area contributed by atoms with Gasteiger partial charge in [0.15, 0.2) is 0 Å². The maximum absolute atomic E-state index is 12.1. The summed E-state index contributed by atoms with van der Waals surface area (Å²) in [7, 11) is 0. The van der Waals surface area contributed by atoms with E-state index < -0.39 is 0 Å². The van der Waals surface area contributed by atoms with Crippen LogP contribution in [0.1, 0.15) is 37.7 Å². The second-order valence-electron chi connectivity index (χ2n) is 3.94. The van der Waals surface area contributed by atoms with Crippen LogP contribution in [-0.2, 0) is 0 Å². The Morgan fingerprint density at radius 2 is 2.19 bits per heavy atom. The Morgan fingerprint density at radius 3 is 2.69 bits per heavy atom. The molecule has 0 saturated carbocycles. The predicted molar refractivity (Wildman–Crippen MR) is 65.7 cm³/mol. The molecule has 16 heavy (non-hydrogen) atoms. The Hall–Kier alpha value is -1.09. The van der Waals surface area contributed by atoms with Gasteiger partial charge in [0.25, 0.3) is 5.91 Å². The molecule has 0 N–H and O–H groups in total. The molecule has 0 aliphatic carbocycles. The summed E-state index contributed by atoms with van der Waals surface area (Å²) in [6, 6.07) is 5.28. The lowest BCUT2D eigenvalue weighted by Crippen LogP contribution is -2.37. The molecule has 0 atom stereocenters. The summed E-state index contributed by atoms with van der Waals surface area (Å²) in [5.74, 6) is -0.0562. The minimum atomic E-state index is -0.0562. The van der Waals surface area contributed by atoms with E-state index >= 15 is 0 Å². The number of carbonyl (C=O) groups is 1. The van der Waals surface area contributed by atoms with E-state index in [1.807, 2.05) is 20.8 Å². The number of pyridine rings is 1. The monoisotopic (exact) mass is 240 g/mol. The summed E-state index contributed by atoms with van der Waals surface area (Å²) in [5, 5.41) is 0.353. The molecule has 1 aromatic heterocycles. The quantitative estimate of drug-likeness (QED) is 0.758. The number of nitrogens with zero attached hydrogens (tertiary/aromatic N) is 2. The highest BCUT2D eigenvalue weighted by molar-refractivity contribution is 6.29. The van der Waals surface area contributed by atoms with E-state index in [0.717, 1.165) is 13.0 Å². The van der Waals surface area contributed by atoms with Gasteiger partial charge >= 0.3 is 0 Å². The number of hydrogen-bond donors (Lipinski definition) is 0. The van der Waals surface area contributed by atoms with Crippen LogP contribution in [0.15, 0.2) is 18.2 Å². The van der Waals surface area contributed by atoms with Crippen LogP contribution in [0.2, 0.25) is 5.15 Å². The molecule has 0 fully saturated rings. The Kier molecular flexibility index (Phi) is 4.74. The van der Waals surface area contributed by atoms with Crippen molar-refractivity contribution in [2.24, 2.45) is 0 Å². The molecule has 1 amide bonds. The van der Waals surface area contributed by atoms with Gasteiger partial charge in [-0.2, -0.15) is 0 Å². The summed E-state index contributed by atoms with van der Waals surface area (Å²) in [4.78, 5) is 18.0. The van der Waals surface area contributed by atoms with Crippen LogP contribution in [0.25, 0.3) is 0 Å². The highest BCUT2D eigenvalue weighted by Gasteiger charge is 2.18. The molecule has 0 aliphatic rings. The third-order valence-corrected chi connectivity index (χ3v) is 2.49. The molecule has 1 aromatic rings. The molecule has 0 aromatic carbocycles. The molecule has 0 unspecified atom stereocenters. The largest absolute Gasteiger partial charge is 0.335 e. The third kappa shape index (κ3) is 3.20. The van der Waals surface area contributed by atoms with Crippen molar-refractivity contribution in [1.82, 2.24) is 9.88 Å². The fraction of sp³-hybridized carbons (Fsp3) is 0.500. The fourth-order valence-corrected chi connectivity index (χ4v) is 1.67. The number of aromatic nitrogens is 1. The van der Waals surface area contributed by atoms with E-state index in [1.54, 1.807) is 23.1 Å². The van der Waals surface area contributed by atoms with Crippen LogP contribution in [0.5, 0.6) is 0 Å². The van der Waals surface area contributed by atoms with Crippen molar-refractivity contribution >= 4 is 17.5 Å². The van der Waals surface area contributed by atoms with Crippen LogP contribution >= 0.6 is 11.6 Å². The normalized spacial score (nSPS) is 10.6. The molecular weight excluding hydrogens is 224 g/mol. The van der Waals surface area contributed by atoms with E-state index in [-0.39, 0.29) is 11.9 Å². The summed E-state index contributed by atoms with van der Waals surface area (Å²) < 4.78 is 0. The summed E-state index contributed by atoms with van der Waals surface area (Å²) in [6.45, 7) is 6.79. The second kappa shape index (κ2) is 5.85. The first kappa shape index (κ1) is 13.0. The molecule has 4 heteroatoms. The van der Waals surface area contributed by atoms with Crippen molar-refractivity contribution in [3.8, 4) is 0 Å². The van der Waals surface area contributed by atoms with Gasteiger partial charge in [-0.1, -0.05) is 24.6 Å². The van der Waals surface area contributed by atoms with Crippen LogP contribution < -0.4 is 0 Å². The lowest BCUT2D eigenvalue weighted by Gasteiger charge is -2.25. The van der Waals surface area contributed by atoms with E-state index in [1.165, 1.54) is 0 Å². The van der Waals surface area contributed by atoms with Crippen LogP contribution in [-0.4, -0.2) is 28.4 Å². The zero-order chi connectivity index (χ0) is 12.1. The maximum atomic E-state index is 12.1. The average Bonchev–Trinajstić information content (AvgIpc) is 2.24. The van der Waals surface area contributed by atoms with Gasteiger partial charge in [0.2, 0.25) is 0 Å². The van der Waals surface area contributed by atoms with Gasteiger partial charge in [-0.15, -0.1) is 0 Å². The first-order valence-corrected chi connectivity index (χ1v) is 5.87. The molecular formula is C12H17ClN2O. The van der Waals surface area contributed by atoms with Gasteiger partial charge in [0.1, 0.15) is 10.8 Å². The SMILES string of the molecule is CCCN(C(=O)c1cccc(Cl)n1)C(C)C. The molecule has 88 valence electrons. The summed E-state index contributed by atoms with van der Waals surface area (Å²) in [6.07, 6.45) is 0.935. The highest BCUT2D eigenvalue weighted by atomic mass is 35.5. The lowest BCUT2D eigenvalue weighted by molar-refractivity contribution is 0.0700. The number of amides is 1. The second-order valence-corrected chi connectivity index (χ2v) is 4.33. The van der Waals surface area contributed by atoms with Gasteiger partial charge in [-0.05, 0) is 32.4 Å². The highest BCUT2D eigenvalue weighted by Crippen LogP contribution is 2.10. The Bertz CT molecular complexity index is 366. The molecule has 3 nitrogen and oxygen atoms in total. The first-order chi connectivity index (χ1) is 7.56. The van der Waals surface area contributed by atoms with Crippen LogP contribution in [0.3, 0.4) is 0 Å². The summed E-state index contributed by atoms with van der Waals surface area (Å²) in [5.41, 5.74) is 0.412. The molecule has 0 aliphatic heterocycles. The number of carbonyl (C=O) groups excluding carboxylic acids is 1. The minimum Gasteiger partial charge on any atom is -0.335 e. The minimum absolute atomic E-state index is 0.0562. The van der Waals surface area contributed by atoms with Crippen LogP contribution in [0.4, 0.5) is 0 Å². The van der Waals surface area contributed by atoms with Gasteiger partial charge in [0.05, 0.1) is 0 Å². The van der Waals surface area contributed by atoms with Gasteiger partial charge < -0.3 is 4.90 Å². The molecule has 0 radical (unpaired) electrons. The number of halogens is 1. The van der Waals surface area contributed by atoms with E-state index in [2.05, 4.69) is 4.98 Å². The molecule has 1 rings (SSSR count). The predicted octanol–water partition coefficient (Wildman–Crippen LogP) is 3.00. The van der Waals surface area contributed by atoms with E-state index in [9.17, 15) is 4.79 Å². The van der Waals surface area contributed by atoms with Crippen molar-refractivity contribution in [2.45, 2.75) is 33.2 Å². The average molecular weight is 241 g/mol. The number of hydrogen-bond acceptors (Lipinski definition) is 2. The molecule has 0 saturated heterocycles. The standard InChI is InChI=1S/C12H17ClN2O/c1-4-8-15(9(2)3)12(16)10-6-5-7-11(13)14-10/h5-7,9H,4,8H2,1-3H3. The van der Waals surface area contributed by atoms with E-state index in [4.69, 9.17) is 11.6 Å². The fourth-order valence-electron chi connectivity index (χ4n) is 1.51. The lowest BCUT2D eigenvalue weighted by atomic mass is 10.2. The van der Waals surface area contributed by atoms with Crippen LogP contribution in [0, 0.1) is 0 Å². The van der Waals surface area contributed by atoms with E-state index in [0.29, 0.717) is 10.8 Å². The summed E-state index contributed by atoms with van der Waals surface area (Å²) >= 11 is 5.77. The number of rotatable bonds is 4. The van der Waals surface area contributed by atoms with Gasteiger partial charge in [-0.3, -0.25) is 4.79 Å². The van der Waals surface area contributed by atoms with Crippen molar-refractivity contribution in [1.29, 1.82) is 0 Å². The smallest absolute Gasteiger partial charge is 0.272 e. The zero-order valence-corrected chi connectivity index (χ0v) is 10.7. The van der Waals surface area contributed by atoms with Crippen molar-refractivity contribution < 1.29 is 4.79 Å². The molecule has 0 bridgehead atoms. The Morgan fingerprint density at radius 1 is 1.50 bits per heavy atom. The van der Waals surface area contributed by atoms with Gasteiger partial charge in [0, 0.05) is 12.6 Å². The zero-order valence-electron chi connectivity index (χ0n) is 9.90. The Labute approximate surface area is 101 Å². The van der Waals surface area contributed by atoms with Crippen molar-refractivity contribution in [3.63, 3.8) is 0 Å².